The highest BCUT2D eigenvalue weighted by molar-refractivity contribution is 7.12. The Labute approximate surface area is 76.8 Å². The summed E-state index contributed by atoms with van der Waals surface area (Å²) in [7, 11) is 1.82. The Morgan fingerprint density at radius 2 is 2.33 bits per heavy atom. The molecule has 0 aromatic carbocycles. The maximum Gasteiger partial charge on any atom is 0.263 e. The van der Waals surface area contributed by atoms with Crippen molar-refractivity contribution < 1.29 is 4.79 Å². The zero-order valence-corrected chi connectivity index (χ0v) is 8.44. The Balaban J connectivity index is 2.78. The number of rotatable bonds is 2. The molecule has 1 rings (SSSR count). The molecule has 0 N–H and O–H groups in total. The van der Waals surface area contributed by atoms with Crippen LogP contribution in [0.1, 0.15) is 22.2 Å². The summed E-state index contributed by atoms with van der Waals surface area (Å²) in [4.78, 5) is 14.1. The van der Waals surface area contributed by atoms with Gasteiger partial charge in [-0.1, -0.05) is 0 Å². The molecule has 0 spiro atoms. The quantitative estimate of drug-likeness (QED) is 0.688. The van der Waals surface area contributed by atoms with Crippen molar-refractivity contribution in [3.8, 4) is 0 Å². The number of nitrogens with zero attached hydrogens (tertiary/aromatic N) is 1. The highest BCUT2D eigenvalue weighted by atomic mass is 32.1. The standard InChI is InChI=1S/C9H13NOS/c1-4-10(3)9(11)8-5-7(2)6-12-8/h5-6H,4H2,1-3H3. The predicted molar refractivity (Wildman–Crippen MR) is 51.7 cm³/mol. The molecule has 0 aliphatic heterocycles. The van der Waals surface area contributed by atoms with Gasteiger partial charge in [0.25, 0.3) is 5.91 Å². The van der Waals surface area contributed by atoms with E-state index in [2.05, 4.69) is 0 Å². The summed E-state index contributed by atoms with van der Waals surface area (Å²) in [5, 5.41) is 2.00. The summed E-state index contributed by atoms with van der Waals surface area (Å²) < 4.78 is 0. The molecule has 0 radical (unpaired) electrons. The molecular formula is C9H13NOS. The third-order valence-electron chi connectivity index (χ3n) is 1.76. The molecule has 0 unspecified atom stereocenters. The van der Waals surface area contributed by atoms with E-state index in [9.17, 15) is 4.79 Å². The van der Waals surface area contributed by atoms with Crippen molar-refractivity contribution in [2.45, 2.75) is 13.8 Å². The number of hydrogen-bond donors (Lipinski definition) is 0. The third-order valence-corrected chi connectivity index (χ3v) is 2.80. The molecule has 0 saturated carbocycles. The Hall–Kier alpha value is -0.830. The van der Waals surface area contributed by atoms with Gasteiger partial charge >= 0.3 is 0 Å². The fourth-order valence-electron chi connectivity index (χ4n) is 0.875. The van der Waals surface area contributed by atoms with E-state index in [1.54, 1.807) is 4.90 Å². The van der Waals surface area contributed by atoms with Crippen molar-refractivity contribution in [3.05, 3.63) is 21.9 Å². The van der Waals surface area contributed by atoms with E-state index >= 15 is 0 Å². The number of carbonyl (C=O) groups excluding carboxylic acids is 1. The summed E-state index contributed by atoms with van der Waals surface area (Å²) in [6, 6.07) is 1.93. The van der Waals surface area contributed by atoms with E-state index in [0.29, 0.717) is 0 Å². The molecule has 0 aliphatic rings. The van der Waals surface area contributed by atoms with E-state index < -0.39 is 0 Å². The zero-order valence-electron chi connectivity index (χ0n) is 7.63. The summed E-state index contributed by atoms with van der Waals surface area (Å²) >= 11 is 1.51. The highest BCUT2D eigenvalue weighted by Crippen LogP contribution is 2.15. The van der Waals surface area contributed by atoms with E-state index in [4.69, 9.17) is 0 Å². The van der Waals surface area contributed by atoms with E-state index in [0.717, 1.165) is 17.0 Å². The Morgan fingerprint density at radius 3 is 2.75 bits per heavy atom. The van der Waals surface area contributed by atoms with Crippen molar-refractivity contribution in [3.63, 3.8) is 0 Å². The second-order valence-electron chi connectivity index (χ2n) is 2.81. The van der Waals surface area contributed by atoms with Crippen LogP contribution in [-0.4, -0.2) is 24.4 Å². The van der Waals surface area contributed by atoms with Crippen LogP contribution >= 0.6 is 11.3 Å². The summed E-state index contributed by atoms with van der Waals surface area (Å²) in [6.07, 6.45) is 0. The Kier molecular flexibility index (Phi) is 2.87. The van der Waals surface area contributed by atoms with Crippen LogP contribution in [0.3, 0.4) is 0 Å². The smallest absolute Gasteiger partial charge is 0.263 e. The van der Waals surface area contributed by atoms with Gasteiger partial charge in [-0.3, -0.25) is 4.79 Å². The lowest BCUT2D eigenvalue weighted by Gasteiger charge is -2.12. The molecule has 0 atom stereocenters. The van der Waals surface area contributed by atoms with Crippen LogP contribution in [0.2, 0.25) is 0 Å². The molecule has 0 aliphatic carbocycles. The van der Waals surface area contributed by atoms with Gasteiger partial charge in [-0.05, 0) is 30.9 Å². The fourth-order valence-corrected chi connectivity index (χ4v) is 1.77. The van der Waals surface area contributed by atoms with Gasteiger partial charge in [-0.25, -0.2) is 0 Å². The van der Waals surface area contributed by atoms with E-state index in [-0.39, 0.29) is 5.91 Å². The monoisotopic (exact) mass is 183 g/mol. The topological polar surface area (TPSA) is 20.3 Å². The SMILES string of the molecule is CCN(C)C(=O)c1cc(C)cs1. The van der Waals surface area contributed by atoms with Gasteiger partial charge < -0.3 is 4.90 Å². The van der Waals surface area contributed by atoms with E-state index in [1.165, 1.54) is 11.3 Å². The molecule has 0 saturated heterocycles. The lowest BCUT2D eigenvalue weighted by Crippen LogP contribution is -2.25. The van der Waals surface area contributed by atoms with Gasteiger partial charge in [0.1, 0.15) is 0 Å². The molecule has 66 valence electrons. The van der Waals surface area contributed by atoms with Gasteiger partial charge in [0.05, 0.1) is 4.88 Å². The molecule has 2 nitrogen and oxygen atoms in total. The first kappa shape index (κ1) is 9.26. The van der Waals surface area contributed by atoms with Crippen LogP contribution in [0.15, 0.2) is 11.4 Å². The van der Waals surface area contributed by atoms with E-state index in [1.807, 2.05) is 32.3 Å². The maximum absolute atomic E-state index is 11.5. The number of thiophene rings is 1. The zero-order chi connectivity index (χ0) is 9.14. The third kappa shape index (κ3) is 1.85. The molecule has 12 heavy (non-hydrogen) atoms. The Morgan fingerprint density at radius 1 is 1.67 bits per heavy atom. The van der Waals surface area contributed by atoms with Crippen molar-refractivity contribution in [2.75, 3.05) is 13.6 Å². The highest BCUT2D eigenvalue weighted by Gasteiger charge is 2.10. The largest absolute Gasteiger partial charge is 0.341 e. The van der Waals surface area contributed by atoms with Crippen LogP contribution in [0.25, 0.3) is 0 Å². The van der Waals surface area contributed by atoms with Gasteiger partial charge in [0.15, 0.2) is 0 Å². The second-order valence-corrected chi connectivity index (χ2v) is 3.72. The van der Waals surface area contributed by atoms with Crippen molar-refractivity contribution >= 4 is 17.2 Å². The predicted octanol–water partition coefficient (Wildman–Crippen LogP) is 2.15. The first-order valence-corrected chi connectivity index (χ1v) is 4.83. The average Bonchev–Trinajstić information content (AvgIpc) is 2.49. The maximum atomic E-state index is 11.5. The number of hydrogen-bond acceptors (Lipinski definition) is 2. The molecule has 1 amide bonds. The molecule has 1 aromatic heterocycles. The minimum absolute atomic E-state index is 0.121. The van der Waals surface area contributed by atoms with Crippen molar-refractivity contribution in [1.29, 1.82) is 0 Å². The lowest BCUT2D eigenvalue weighted by molar-refractivity contribution is 0.0807. The number of aryl methyl sites for hydroxylation is 1. The van der Waals surface area contributed by atoms with Crippen LogP contribution in [0, 0.1) is 6.92 Å². The summed E-state index contributed by atoms with van der Waals surface area (Å²) in [5.41, 5.74) is 1.16. The first-order chi connectivity index (χ1) is 5.65. The molecular weight excluding hydrogens is 170 g/mol. The van der Waals surface area contributed by atoms with Crippen LogP contribution in [-0.2, 0) is 0 Å². The normalized spacial score (nSPS) is 9.92. The summed E-state index contributed by atoms with van der Waals surface area (Å²) in [6.45, 7) is 4.73. The minimum Gasteiger partial charge on any atom is -0.341 e. The van der Waals surface area contributed by atoms with Crippen LogP contribution in [0.4, 0.5) is 0 Å². The molecule has 3 heteroatoms. The first-order valence-electron chi connectivity index (χ1n) is 3.95. The average molecular weight is 183 g/mol. The molecule has 0 bridgehead atoms. The van der Waals surface area contributed by atoms with Crippen LogP contribution < -0.4 is 0 Å². The summed E-state index contributed by atoms with van der Waals surface area (Å²) in [5.74, 6) is 0.121. The van der Waals surface area contributed by atoms with Crippen molar-refractivity contribution in [2.24, 2.45) is 0 Å². The van der Waals surface area contributed by atoms with Crippen molar-refractivity contribution in [1.82, 2.24) is 4.90 Å². The second kappa shape index (κ2) is 3.72. The molecule has 1 heterocycles. The number of amides is 1. The lowest BCUT2D eigenvalue weighted by atomic mass is 10.3. The van der Waals surface area contributed by atoms with Gasteiger partial charge in [-0.2, -0.15) is 0 Å². The number of carbonyl (C=O) groups is 1. The molecule has 0 fully saturated rings. The minimum atomic E-state index is 0.121. The van der Waals surface area contributed by atoms with Gasteiger partial charge in [0.2, 0.25) is 0 Å². The Bertz CT molecular complexity index is 280. The fraction of sp³-hybridized carbons (Fsp3) is 0.444. The molecule has 1 aromatic rings. The van der Waals surface area contributed by atoms with Gasteiger partial charge in [-0.15, -0.1) is 11.3 Å². The van der Waals surface area contributed by atoms with Gasteiger partial charge in [0, 0.05) is 13.6 Å². The van der Waals surface area contributed by atoms with Crippen LogP contribution in [0.5, 0.6) is 0 Å².